The fourth-order valence-corrected chi connectivity index (χ4v) is 3.86. The molecule has 30 heavy (non-hydrogen) atoms. The number of carbonyl (C=O) groups is 2. The van der Waals surface area contributed by atoms with E-state index in [1.807, 2.05) is 4.90 Å². The van der Waals surface area contributed by atoms with Gasteiger partial charge in [0.25, 0.3) is 5.69 Å². The lowest BCUT2D eigenvalue weighted by molar-refractivity contribution is -0.384. The second-order valence-corrected chi connectivity index (χ2v) is 7.82. The van der Waals surface area contributed by atoms with E-state index in [-0.39, 0.29) is 16.8 Å². The largest absolute Gasteiger partial charge is 0.454 e. The van der Waals surface area contributed by atoms with Gasteiger partial charge in [0.2, 0.25) is 0 Å². The van der Waals surface area contributed by atoms with Crippen LogP contribution in [0.2, 0.25) is 0 Å². The van der Waals surface area contributed by atoms with E-state index in [9.17, 15) is 24.1 Å². The minimum Gasteiger partial charge on any atom is -0.454 e. The first-order valence-corrected chi connectivity index (χ1v) is 9.74. The van der Waals surface area contributed by atoms with Crippen LogP contribution in [-0.2, 0) is 4.74 Å². The van der Waals surface area contributed by atoms with Crippen LogP contribution in [0.4, 0.5) is 15.8 Å². The Hall–Kier alpha value is -3.29. The Morgan fingerprint density at radius 3 is 2.30 bits per heavy atom. The third-order valence-corrected chi connectivity index (χ3v) is 5.12. The Labute approximate surface area is 173 Å². The third-order valence-electron chi connectivity index (χ3n) is 5.12. The Morgan fingerprint density at radius 2 is 1.70 bits per heavy atom. The Morgan fingerprint density at radius 1 is 1.10 bits per heavy atom. The number of hydrogen-bond donors (Lipinski definition) is 0. The van der Waals surface area contributed by atoms with Crippen molar-refractivity contribution in [3.05, 3.63) is 69.5 Å². The number of anilines is 1. The van der Waals surface area contributed by atoms with Gasteiger partial charge >= 0.3 is 5.97 Å². The molecule has 2 atom stereocenters. The number of ether oxygens (including phenoxy) is 1. The first kappa shape index (κ1) is 21.4. The maximum atomic E-state index is 12.9. The molecule has 0 saturated carbocycles. The molecular weight excluding hydrogens is 391 g/mol. The molecule has 0 N–H and O–H groups in total. The summed E-state index contributed by atoms with van der Waals surface area (Å²) in [6.07, 6.45) is 1.07. The highest BCUT2D eigenvalue weighted by atomic mass is 19.1. The van der Waals surface area contributed by atoms with E-state index in [0.29, 0.717) is 30.6 Å². The van der Waals surface area contributed by atoms with Gasteiger partial charge in [-0.25, -0.2) is 9.18 Å². The number of Topliss-reactive ketones (excluding diaryl/α,β-unsaturated/α-hetero) is 1. The fourth-order valence-electron chi connectivity index (χ4n) is 3.86. The van der Waals surface area contributed by atoms with E-state index in [4.69, 9.17) is 4.74 Å². The van der Waals surface area contributed by atoms with Crippen LogP contribution in [0.5, 0.6) is 0 Å². The minimum atomic E-state index is -0.833. The summed E-state index contributed by atoms with van der Waals surface area (Å²) in [7, 11) is 0. The van der Waals surface area contributed by atoms with E-state index >= 15 is 0 Å². The van der Waals surface area contributed by atoms with Crippen molar-refractivity contribution in [3.8, 4) is 0 Å². The van der Waals surface area contributed by atoms with Crippen LogP contribution in [0.15, 0.2) is 42.5 Å². The maximum Gasteiger partial charge on any atom is 0.338 e. The summed E-state index contributed by atoms with van der Waals surface area (Å²) in [5.41, 5.74) is 0.502. The van der Waals surface area contributed by atoms with Crippen molar-refractivity contribution in [2.45, 2.75) is 20.3 Å². The Balaban J connectivity index is 1.73. The summed E-state index contributed by atoms with van der Waals surface area (Å²) in [5, 5.41) is 11.6. The molecule has 0 bridgehead atoms. The Bertz CT molecular complexity index is 951. The number of benzene rings is 2. The lowest BCUT2D eigenvalue weighted by atomic mass is 9.91. The molecule has 0 aromatic heterocycles. The molecule has 1 fully saturated rings. The summed E-state index contributed by atoms with van der Waals surface area (Å²) in [4.78, 5) is 37.5. The van der Waals surface area contributed by atoms with Gasteiger partial charge in [0, 0.05) is 24.7 Å². The van der Waals surface area contributed by atoms with E-state index in [1.165, 1.54) is 24.3 Å². The molecule has 0 aliphatic carbocycles. The summed E-state index contributed by atoms with van der Waals surface area (Å²) in [5.74, 6) is -0.981. The van der Waals surface area contributed by atoms with Crippen LogP contribution in [-0.4, -0.2) is 36.4 Å². The Kier molecular flexibility index (Phi) is 6.44. The predicted octanol–water partition coefficient (Wildman–Crippen LogP) is 4.26. The zero-order chi connectivity index (χ0) is 21.8. The minimum absolute atomic E-state index is 0.00420. The van der Waals surface area contributed by atoms with Gasteiger partial charge in [0.1, 0.15) is 11.5 Å². The first-order chi connectivity index (χ1) is 14.2. The molecule has 1 aliphatic heterocycles. The lowest BCUT2D eigenvalue weighted by Gasteiger charge is -2.36. The van der Waals surface area contributed by atoms with Crippen molar-refractivity contribution >= 4 is 23.1 Å². The molecule has 1 heterocycles. The zero-order valence-corrected chi connectivity index (χ0v) is 16.8. The molecular formula is C22H23FN2O5. The van der Waals surface area contributed by atoms with E-state index < -0.39 is 29.1 Å². The number of nitrogens with zero attached hydrogens (tertiary/aromatic N) is 2. The molecule has 0 radical (unpaired) electrons. The van der Waals surface area contributed by atoms with Gasteiger partial charge in [-0.15, -0.1) is 0 Å². The highest BCUT2D eigenvalue weighted by molar-refractivity contribution is 5.99. The second kappa shape index (κ2) is 9.02. The molecule has 3 rings (SSSR count). The standard InChI is InChI=1S/C22H23FN2O5/c1-14-9-15(2)12-24(11-14)19-8-5-17(10-20(19)25(28)29)22(27)30-13-21(26)16-3-6-18(23)7-4-16/h3-8,10,14-15H,9,11-13H2,1-2H3/t14-,15-/m1/s1. The number of esters is 1. The SMILES string of the molecule is C[C@@H]1C[C@@H](C)CN(c2ccc(C(=O)OCC(=O)c3ccc(F)cc3)cc2[N+](=O)[O-])C1. The van der Waals surface area contributed by atoms with Crippen molar-refractivity contribution in [2.75, 3.05) is 24.6 Å². The fraction of sp³-hybridized carbons (Fsp3) is 0.364. The summed E-state index contributed by atoms with van der Waals surface area (Å²) >= 11 is 0. The third kappa shape index (κ3) is 5.00. The number of piperidine rings is 1. The van der Waals surface area contributed by atoms with E-state index in [2.05, 4.69) is 13.8 Å². The number of halogens is 1. The van der Waals surface area contributed by atoms with Crippen molar-refractivity contribution in [2.24, 2.45) is 11.8 Å². The highest BCUT2D eigenvalue weighted by Gasteiger charge is 2.28. The smallest absolute Gasteiger partial charge is 0.338 e. The normalized spacial score (nSPS) is 18.7. The van der Waals surface area contributed by atoms with Crippen molar-refractivity contribution < 1.29 is 23.6 Å². The average molecular weight is 414 g/mol. The van der Waals surface area contributed by atoms with Crippen LogP contribution >= 0.6 is 0 Å². The van der Waals surface area contributed by atoms with Gasteiger partial charge in [0.05, 0.1) is 10.5 Å². The lowest BCUT2D eigenvalue weighted by Crippen LogP contribution is -2.39. The molecule has 0 amide bonds. The van der Waals surface area contributed by atoms with Gasteiger partial charge < -0.3 is 9.64 Å². The molecule has 0 unspecified atom stereocenters. The quantitative estimate of drug-likeness (QED) is 0.304. The second-order valence-electron chi connectivity index (χ2n) is 7.82. The van der Waals surface area contributed by atoms with E-state index in [0.717, 1.165) is 18.6 Å². The van der Waals surface area contributed by atoms with Crippen LogP contribution in [0.3, 0.4) is 0 Å². The number of carbonyl (C=O) groups excluding carboxylic acids is 2. The molecule has 7 nitrogen and oxygen atoms in total. The van der Waals surface area contributed by atoms with Crippen molar-refractivity contribution in [1.29, 1.82) is 0 Å². The van der Waals surface area contributed by atoms with Crippen molar-refractivity contribution in [3.63, 3.8) is 0 Å². The molecule has 8 heteroatoms. The highest BCUT2D eigenvalue weighted by Crippen LogP contribution is 2.34. The van der Waals surface area contributed by atoms with Gasteiger partial charge in [0.15, 0.2) is 12.4 Å². The zero-order valence-electron chi connectivity index (χ0n) is 16.8. The summed E-state index contributed by atoms with van der Waals surface area (Å²) in [6, 6.07) is 9.08. The molecule has 2 aromatic rings. The number of rotatable bonds is 6. The number of hydrogen-bond acceptors (Lipinski definition) is 6. The maximum absolute atomic E-state index is 12.9. The topological polar surface area (TPSA) is 89.8 Å². The van der Waals surface area contributed by atoms with Gasteiger partial charge in [-0.05, 0) is 54.7 Å². The number of nitro groups is 1. The monoisotopic (exact) mass is 414 g/mol. The van der Waals surface area contributed by atoms with E-state index in [1.54, 1.807) is 6.07 Å². The number of ketones is 1. The average Bonchev–Trinajstić information content (AvgIpc) is 2.71. The van der Waals surface area contributed by atoms with Crippen LogP contribution < -0.4 is 4.90 Å². The predicted molar refractivity (Wildman–Crippen MR) is 109 cm³/mol. The van der Waals surface area contributed by atoms with Gasteiger partial charge in [-0.3, -0.25) is 14.9 Å². The molecule has 1 saturated heterocycles. The summed E-state index contributed by atoms with van der Waals surface area (Å²) in [6.45, 7) is 5.10. The van der Waals surface area contributed by atoms with Crippen LogP contribution in [0.25, 0.3) is 0 Å². The molecule has 1 aliphatic rings. The number of nitro benzene ring substituents is 1. The first-order valence-electron chi connectivity index (χ1n) is 9.74. The summed E-state index contributed by atoms with van der Waals surface area (Å²) < 4.78 is 18.0. The van der Waals surface area contributed by atoms with Crippen LogP contribution in [0.1, 0.15) is 41.0 Å². The molecule has 2 aromatic carbocycles. The van der Waals surface area contributed by atoms with Gasteiger partial charge in [-0.2, -0.15) is 0 Å². The van der Waals surface area contributed by atoms with Crippen molar-refractivity contribution in [1.82, 2.24) is 0 Å². The molecule has 0 spiro atoms. The van der Waals surface area contributed by atoms with Crippen LogP contribution in [0, 0.1) is 27.8 Å². The molecule has 158 valence electrons. The van der Waals surface area contributed by atoms with Gasteiger partial charge in [-0.1, -0.05) is 13.8 Å².